The van der Waals surface area contributed by atoms with Crippen molar-refractivity contribution >= 4 is 5.78 Å². The lowest BCUT2D eigenvalue weighted by atomic mass is 10.0. The van der Waals surface area contributed by atoms with Crippen molar-refractivity contribution < 1.29 is 9.90 Å². The fourth-order valence-corrected chi connectivity index (χ4v) is 1.74. The monoisotopic (exact) mass is 253 g/mol. The quantitative estimate of drug-likeness (QED) is 0.489. The van der Waals surface area contributed by atoms with Crippen LogP contribution in [0, 0.1) is 0 Å². The van der Waals surface area contributed by atoms with Crippen molar-refractivity contribution in [2.24, 2.45) is 0 Å². The zero-order chi connectivity index (χ0) is 13.5. The number of carbonyl (C=O) groups excluding carboxylic acids is 1. The Kier molecular flexibility index (Phi) is 4.48. The minimum atomic E-state index is -0.184. The summed E-state index contributed by atoms with van der Waals surface area (Å²) in [6.45, 7) is -0.184. The van der Waals surface area contributed by atoms with E-state index in [-0.39, 0.29) is 12.5 Å². The van der Waals surface area contributed by atoms with E-state index < -0.39 is 0 Å². The zero-order valence-electron chi connectivity index (χ0n) is 10.4. The number of rotatable bonds is 5. The van der Waals surface area contributed by atoms with Gasteiger partial charge in [-0.15, -0.1) is 0 Å². The first-order valence-corrected chi connectivity index (χ1v) is 6.02. The van der Waals surface area contributed by atoms with E-state index in [1.807, 2.05) is 42.5 Å². The summed E-state index contributed by atoms with van der Waals surface area (Å²) in [6.07, 6.45) is 2.83. The topological polar surface area (TPSA) is 49.3 Å². The van der Waals surface area contributed by atoms with E-state index in [1.54, 1.807) is 12.1 Å². The number of aliphatic hydroxyl groups excluding tert-OH is 1. The highest BCUT2D eigenvalue weighted by atomic mass is 16.3. The third-order valence-electron chi connectivity index (χ3n) is 2.72. The van der Waals surface area contributed by atoms with Gasteiger partial charge in [0.25, 0.3) is 0 Å². The Balaban J connectivity index is 2.13. The number of nitrogens with one attached hydrogen (secondary N) is 1. The molecule has 0 radical (unpaired) electrons. The Morgan fingerprint density at radius 2 is 1.63 bits per heavy atom. The predicted molar refractivity (Wildman–Crippen MR) is 75.6 cm³/mol. The fraction of sp³-hybridized carbons (Fsp3) is 0.0625. The summed E-state index contributed by atoms with van der Waals surface area (Å²) < 4.78 is 0. The van der Waals surface area contributed by atoms with Gasteiger partial charge in [0.1, 0.15) is 6.73 Å². The lowest BCUT2D eigenvalue weighted by Gasteiger charge is -2.02. The molecule has 2 N–H and O–H groups in total. The first-order valence-electron chi connectivity index (χ1n) is 6.02. The van der Waals surface area contributed by atoms with Gasteiger partial charge in [-0.1, -0.05) is 54.6 Å². The van der Waals surface area contributed by atoms with Crippen LogP contribution >= 0.6 is 0 Å². The van der Waals surface area contributed by atoms with Crippen molar-refractivity contribution in [1.29, 1.82) is 0 Å². The lowest BCUT2D eigenvalue weighted by Crippen LogP contribution is -2.06. The molecule has 3 nitrogen and oxygen atoms in total. The molecule has 2 aromatic rings. The van der Waals surface area contributed by atoms with Crippen molar-refractivity contribution in [3.05, 3.63) is 72.4 Å². The smallest absolute Gasteiger partial charge is 0.187 e. The molecule has 0 saturated heterocycles. The van der Waals surface area contributed by atoms with E-state index in [9.17, 15) is 4.79 Å². The van der Waals surface area contributed by atoms with Gasteiger partial charge < -0.3 is 10.4 Å². The number of ketones is 1. The van der Waals surface area contributed by atoms with Crippen LogP contribution in [0.15, 0.2) is 66.9 Å². The molecule has 0 spiro atoms. The molecule has 0 amide bonds. The minimum Gasteiger partial charge on any atom is -0.377 e. The maximum atomic E-state index is 11.8. The third kappa shape index (κ3) is 3.53. The van der Waals surface area contributed by atoms with E-state index in [2.05, 4.69) is 5.32 Å². The van der Waals surface area contributed by atoms with Crippen LogP contribution in [-0.4, -0.2) is 17.6 Å². The fourth-order valence-electron chi connectivity index (χ4n) is 1.74. The summed E-state index contributed by atoms with van der Waals surface area (Å²) in [4.78, 5) is 11.8. The van der Waals surface area contributed by atoms with Crippen LogP contribution in [0.2, 0.25) is 0 Å². The predicted octanol–water partition coefficient (Wildman–Crippen LogP) is 2.59. The number of allylic oxidation sites excluding steroid dienone is 1. The van der Waals surface area contributed by atoms with Crippen molar-refractivity contribution in [2.45, 2.75) is 0 Å². The number of benzene rings is 2. The van der Waals surface area contributed by atoms with Crippen LogP contribution in [0.4, 0.5) is 0 Å². The lowest BCUT2D eigenvalue weighted by molar-refractivity contribution is 0.104. The maximum absolute atomic E-state index is 11.8. The van der Waals surface area contributed by atoms with Crippen LogP contribution in [0.25, 0.3) is 11.1 Å². The largest absolute Gasteiger partial charge is 0.377 e. The summed E-state index contributed by atoms with van der Waals surface area (Å²) in [6, 6.07) is 17.5. The number of carbonyl (C=O) groups is 1. The molecule has 0 saturated carbocycles. The van der Waals surface area contributed by atoms with Crippen LogP contribution in [0.1, 0.15) is 10.4 Å². The van der Waals surface area contributed by atoms with Gasteiger partial charge in [0.2, 0.25) is 0 Å². The second-order valence-corrected chi connectivity index (χ2v) is 4.00. The molecular formula is C16H15NO2. The van der Waals surface area contributed by atoms with E-state index in [0.29, 0.717) is 5.56 Å². The highest BCUT2D eigenvalue weighted by molar-refractivity contribution is 6.04. The molecule has 19 heavy (non-hydrogen) atoms. The van der Waals surface area contributed by atoms with Gasteiger partial charge >= 0.3 is 0 Å². The summed E-state index contributed by atoms with van der Waals surface area (Å²) in [5, 5.41) is 11.1. The SMILES string of the molecule is O=C(/C=C\NCO)c1ccc(-c2ccccc2)cc1. The normalized spacial score (nSPS) is 10.6. The minimum absolute atomic E-state index is 0.0967. The molecule has 0 aromatic heterocycles. The van der Waals surface area contributed by atoms with Crippen LogP contribution in [0.3, 0.4) is 0 Å². The molecule has 2 rings (SSSR count). The molecule has 0 aliphatic rings. The standard InChI is InChI=1S/C16H15NO2/c18-12-17-11-10-16(19)15-8-6-14(7-9-15)13-4-2-1-3-5-13/h1-11,17-18H,12H2/b11-10-. The Labute approximate surface area is 112 Å². The number of hydrogen-bond acceptors (Lipinski definition) is 3. The highest BCUT2D eigenvalue weighted by Crippen LogP contribution is 2.19. The highest BCUT2D eigenvalue weighted by Gasteiger charge is 2.02. The van der Waals surface area contributed by atoms with Crippen molar-refractivity contribution in [3.63, 3.8) is 0 Å². The Hall–Kier alpha value is -2.39. The Bertz CT molecular complexity index is 559. The maximum Gasteiger partial charge on any atom is 0.187 e. The van der Waals surface area contributed by atoms with Gasteiger partial charge in [-0.3, -0.25) is 4.79 Å². The molecule has 0 aliphatic carbocycles. The van der Waals surface area contributed by atoms with Crippen LogP contribution in [0.5, 0.6) is 0 Å². The van der Waals surface area contributed by atoms with Gasteiger partial charge in [0, 0.05) is 17.8 Å². The van der Waals surface area contributed by atoms with Gasteiger partial charge in [-0.05, 0) is 11.1 Å². The molecule has 0 fully saturated rings. The van der Waals surface area contributed by atoms with Crippen LogP contribution in [-0.2, 0) is 0 Å². The zero-order valence-corrected chi connectivity index (χ0v) is 10.4. The van der Waals surface area contributed by atoms with Gasteiger partial charge in [-0.2, -0.15) is 0 Å². The number of aliphatic hydroxyl groups is 1. The molecular weight excluding hydrogens is 238 g/mol. The molecule has 0 aliphatic heterocycles. The van der Waals surface area contributed by atoms with E-state index in [1.165, 1.54) is 12.3 Å². The molecule has 3 heteroatoms. The van der Waals surface area contributed by atoms with E-state index in [4.69, 9.17) is 5.11 Å². The first kappa shape index (κ1) is 13.1. The second-order valence-electron chi connectivity index (χ2n) is 4.00. The molecule has 96 valence electrons. The number of hydrogen-bond donors (Lipinski definition) is 2. The summed E-state index contributed by atoms with van der Waals surface area (Å²) in [7, 11) is 0. The van der Waals surface area contributed by atoms with Gasteiger partial charge in [-0.25, -0.2) is 0 Å². The van der Waals surface area contributed by atoms with Gasteiger partial charge in [0.05, 0.1) is 0 Å². The molecule has 0 atom stereocenters. The summed E-state index contributed by atoms with van der Waals surface area (Å²) in [5.41, 5.74) is 2.82. The summed E-state index contributed by atoms with van der Waals surface area (Å²) in [5.74, 6) is -0.0967. The van der Waals surface area contributed by atoms with Crippen molar-refractivity contribution in [2.75, 3.05) is 6.73 Å². The Morgan fingerprint density at radius 1 is 1.00 bits per heavy atom. The first-order chi connectivity index (χ1) is 9.31. The Morgan fingerprint density at radius 3 is 2.26 bits per heavy atom. The van der Waals surface area contributed by atoms with Crippen LogP contribution < -0.4 is 5.32 Å². The van der Waals surface area contributed by atoms with Crippen molar-refractivity contribution in [1.82, 2.24) is 5.32 Å². The van der Waals surface area contributed by atoms with Crippen molar-refractivity contribution in [3.8, 4) is 11.1 Å². The molecule has 0 heterocycles. The van der Waals surface area contributed by atoms with E-state index in [0.717, 1.165) is 11.1 Å². The van der Waals surface area contributed by atoms with Gasteiger partial charge in [0.15, 0.2) is 5.78 Å². The second kappa shape index (κ2) is 6.52. The average Bonchev–Trinajstić information content (AvgIpc) is 2.48. The molecule has 2 aromatic carbocycles. The van der Waals surface area contributed by atoms with E-state index >= 15 is 0 Å². The summed E-state index contributed by atoms with van der Waals surface area (Å²) >= 11 is 0. The third-order valence-corrected chi connectivity index (χ3v) is 2.72. The average molecular weight is 253 g/mol. The molecule has 0 bridgehead atoms. The molecule has 0 unspecified atom stereocenters.